The second kappa shape index (κ2) is 6.87. The van der Waals surface area contributed by atoms with Gasteiger partial charge in [-0.2, -0.15) is 4.31 Å². The Kier molecular flexibility index (Phi) is 5.78. The van der Waals surface area contributed by atoms with E-state index in [9.17, 15) is 8.42 Å². The maximum atomic E-state index is 12.3. The zero-order valence-electron chi connectivity index (χ0n) is 11.0. The van der Waals surface area contributed by atoms with Crippen molar-refractivity contribution in [2.45, 2.75) is 38.2 Å². The topological polar surface area (TPSA) is 57.6 Å². The summed E-state index contributed by atoms with van der Waals surface area (Å²) in [6.45, 7) is 4.83. The molecule has 1 aromatic rings. The quantitative estimate of drug-likeness (QED) is 0.825. The van der Waals surface area contributed by atoms with Crippen molar-refractivity contribution in [3.63, 3.8) is 0 Å². The first-order valence-electron chi connectivity index (χ1n) is 6.26. The number of sulfonamides is 1. The lowest BCUT2D eigenvalue weighted by Crippen LogP contribution is -2.31. The van der Waals surface area contributed by atoms with Gasteiger partial charge < -0.3 is 5.11 Å². The molecule has 0 unspecified atom stereocenters. The zero-order chi connectivity index (χ0) is 13.6. The van der Waals surface area contributed by atoms with Crippen molar-refractivity contribution < 1.29 is 13.5 Å². The maximum absolute atomic E-state index is 12.3. The highest BCUT2D eigenvalue weighted by atomic mass is 32.2. The monoisotopic (exact) mass is 271 g/mol. The largest absolute Gasteiger partial charge is 0.392 e. The van der Waals surface area contributed by atoms with Gasteiger partial charge in [-0.05, 0) is 24.1 Å². The average molecular weight is 271 g/mol. The van der Waals surface area contributed by atoms with Crippen molar-refractivity contribution in [3.05, 3.63) is 29.8 Å². The van der Waals surface area contributed by atoms with Gasteiger partial charge in [-0.1, -0.05) is 32.4 Å². The van der Waals surface area contributed by atoms with Crippen LogP contribution in [0.1, 0.15) is 32.3 Å². The second-order valence-corrected chi connectivity index (χ2v) is 6.09. The van der Waals surface area contributed by atoms with Gasteiger partial charge in [0.1, 0.15) is 0 Å². The Balaban J connectivity index is 2.95. The number of hydrogen-bond donors (Lipinski definition) is 1. The van der Waals surface area contributed by atoms with E-state index in [2.05, 4.69) is 0 Å². The van der Waals surface area contributed by atoms with Crippen LogP contribution in [-0.2, 0) is 16.6 Å². The Bertz CT molecular complexity index is 454. The first kappa shape index (κ1) is 15.1. The molecular weight excluding hydrogens is 250 g/mol. The summed E-state index contributed by atoms with van der Waals surface area (Å²) in [6.07, 6.45) is 1.83. The molecule has 0 spiro atoms. The third kappa shape index (κ3) is 3.54. The molecule has 0 aromatic heterocycles. The molecule has 0 atom stereocenters. The molecule has 18 heavy (non-hydrogen) atoms. The number of nitrogens with zero attached hydrogens (tertiary/aromatic N) is 1. The van der Waals surface area contributed by atoms with Crippen LogP contribution in [0.5, 0.6) is 0 Å². The standard InChI is InChI=1S/C13H21NO3S/c1-3-5-10-14(4-2)18(16,17)13-8-6-12(11-15)7-9-13/h6-9,15H,3-5,10-11H2,1-2H3. The summed E-state index contributed by atoms with van der Waals surface area (Å²) < 4.78 is 26.2. The Labute approximate surface area is 109 Å². The first-order valence-corrected chi connectivity index (χ1v) is 7.70. The van der Waals surface area contributed by atoms with E-state index < -0.39 is 10.0 Å². The summed E-state index contributed by atoms with van der Waals surface area (Å²) in [5, 5.41) is 8.94. The van der Waals surface area contributed by atoms with Crippen molar-refractivity contribution in [3.8, 4) is 0 Å². The Morgan fingerprint density at radius 2 is 1.78 bits per heavy atom. The lowest BCUT2D eigenvalue weighted by atomic mass is 10.2. The summed E-state index contributed by atoms with van der Waals surface area (Å²) in [6, 6.07) is 6.38. The SMILES string of the molecule is CCCCN(CC)S(=O)(=O)c1ccc(CO)cc1. The minimum Gasteiger partial charge on any atom is -0.392 e. The van der Waals surface area contributed by atoms with E-state index in [1.165, 1.54) is 4.31 Å². The van der Waals surface area contributed by atoms with E-state index in [-0.39, 0.29) is 11.5 Å². The second-order valence-electron chi connectivity index (χ2n) is 4.15. The van der Waals surface area contributed by atoms with Crippen LogP contribution in [0.15, 0.2) is 29.2 Å². The van der Waals surface area contributed by atoms with E-state index in [0.717, 1.165) is 12.8 Å². The fourth-order valence-corrected chi connectivity index (χ4v) is 3.19. The molecule has 0 amide bonds. The molecule has 4 nitrogen and oxygen atoms in total. The minimum absolute atomic E-state index is 0.0757. The molecule has 0 saturated carbocycles. The van der Waals surface area contributed by atoms with Crippen molar-refractivity contribution in [2.24, 2.45) is 0 Å². The molecule has 102 valence electrons. The number of hydrogen-bond acceptors (Lipinski definition) is 3. The predicted molar refractivity (Wildman–Crippen MR) is 71.7 cm³/mol. The van der Waals surface area contributed by atoms with Crippen molar-refractivity contribution in [2.75, 3.05) is 13.1 Å². The van der Waals surface area contributed by atoms with Crippen LogP contribution in [0.3, 0.4) is 0 Å². The molecule has 0 aliphatic rings. The summed E-state index contributed by atoms with van der Waals surface area (Å²) in [5.74, 6) is 0. The summed E-state index contributed by atoms with van der Waals surface area (Å²) in [4.78, 5) is 0.289. The van der Waals surface area contributed by atoms with E-state index in [4.69, 9.17) is 5.11 Å². The number of rotatable bonds is 7. The van der Waals surface area contributed by atoms with Gasteiger partial charge in [0.25, 0.3) is 0 Å². The number of aliphatic hydroxyl groups excluding tert-OH is 1. The molecular formula is C13H21NO3S. The molecule has 0 aliphatic heterocycles. The molecule has 1 aromatic carbocycles. The highest BCUT2D eigenvalue weighted by Gasteiger charge is 2.22. The average Bonchev–Trinajstić information content (AvgIpc) is 2.39. The minimum atomic E-state index is -3.40. The Hall–Kier alpha value is -0.910. The van der Waals surface area contributed by atoms with Gasteiger partial charge >= 0.3 is 0 Å². The molecule has 0 aliphatic carbocycles. The lowest BCUT2D eigenvalue weighted by molar-refractivity contribution is 0.281. The van der Waals surface area contributed by atoms with E-state index >= 15 is 0 Å². The van der Waals surface area contributed by atoms with Crippen molar-refractivity contribution >= 4 is 10.0 Å². The van der Waals surface area contributed by atoms with Gasteiger partial charge in [0.15, 0.2) is 0 Å². The van der Waals surface area contributed by atoms with Gasteiger partial charge in [-0.25, -0.2) is 8.42 Å². The highest BCUT2D eigenvalue weighted by Crippen LogP contribution is 2.17. The molecule has 1 rings (SSSR count). The number of aliphatic hydroxyl groups is 1. The van der Waals surface area contributed by atoms with Crippen LogP contribution in [0.2, 0.25) is 0 Å². The number of unbranched alkanes of at least 4 members (excludes halogenated alkanes) is 1. The van der Waals surface area contributed by atoms with Crippen LogP contribution in [-0.4, -0.2) is 30.9 Å². The molecule has 0 bridgehead atoms. The molecule has 0 heterocycles. The Morgan fingerprint density at radius 1 is 1.17 bits per heavy atom. The lowest BCUT2D eigenvalue weighted by Gasteiger charge is -2.20. The Morgan fingerprint density at radius 3 is 2.22 bits per heavy atom. The fourth-order valence-electron chi connectivity index (χ4n) is 1.70. The van der Waals surface area contributed by atoms with Gasteiger partial charge in [-0.3, -0.25) is 0 Å². The first-order chi connectivity index (χ1) is 8.56. The molecule has 0 saturated heterocycles. The third-order valence-electron chi connectivity index (χ3n) is 2.86. The van der Waals surface area contributed by atoms with Crippen LogP contribution in [0.25, 0.3) is 0 Å². The van der Waals surface area contributed by atoms with Crippen LogP contribution < -0.4 is 0 Å². The summed E-state index contributed by atoms with van der Waals surface area (Å²) >= 11 is 0. The normalized spacial score (nSPS) is 12.0. The van der Waals surface area contributed by atoms with Crippen LogP contribution in [0, 0.1) is 0 Å². The zero-order valence-corrected chi connectivity index (χ0v) is 11.8. The summed E-state index contributed by atoms with van der Waals surface area (Å²) in [7, 11) is -3.40. The van der Waals surface area contributed by atoms with Gasteiger partial charge in [-0.15, -0.1) is 0 Å². The molecule has 1 N–H and O–H groups in total. The predicted octanol–water partition coefficient (Wildman–Crippen LogP) is 1.99. The molecule has 0 fully saturated rings. The van der Waals surface area contributed by atoms with E-state index in [0.29, 0.717) is 18.7 Å². The van der Waals surface area contributed by atoms with Crippen LogP contribution in [0.4, 0.5) is 0 Å². The molecule has 0 radical (unpaired) electrons. The summed E-state index contributed by atoms with van der Waals surface area (Å²) in [5.41, 5.74) is 0.713. The van der Waals surface area contributed by atoms with Gasteiger partial charge in [0.2, 0.25) is 10.0 Å². The number of benzene rings is 1. The van der Waals surface area contributed by atoms with Gasteiger partial charge in [0, 0.05) is 13.1 Å². The maximum Gasteiger partial charge on any atom is 0.243 e. The van der Waals surface area contributed by atoms with Crippen molar-refractivity contribution in [1.29, 1.82) is 0 Å². The molecule has 5 heteroatoms. The smallest absolute Gasteiger partial charge is 0.243 e. The van der Waals surface area contributed by atoms with Crippen LogP contribution >= 0.6 is 0 Å². The highest BCUT2D eigenvalue weighted by molar-refractivity contribution is 7.89. The van der Waals surface area contributed by atoms with Crippen molar-refractivity contribution in [1.82, 2.24) is 4.31 Å². The third-order valence-corrected chi connectivity index (χ3v) is 4.85. The van der Waals surface area contributed by atoms with E-state index in [1.807, 2.05) is 13.8 Å². The van der Waals surface area contributed by atoms with E-state index in [1.54, 1.807) is 24.3 Å². The van der Waals surface area contributed by atoms with Gasteiger partial charge in [0.05, 0.1) is 11.5 Å². The fraction of sp³-hybridized carbons (Fsp3) is 0.538.